The zero-order valence-electron chi connectivity index (χ0n) is 20.8. The van der Waals surface area contributed by atoms with Crippen LogP contribution in [0.4, 0.5) is 4.79 Å². The number of hydrogen-bond donors (Lipinski definition) is 1. The molecule has 6 heteroatoms. The summed E-state index contributed by atoms with van der Waals surface area (Å²) in [5.41, 5.74) is 3.97. The van der Waals surface area contributed by atoms with Crippen molar-refractivity contribution in [3.05, 3.63) is 102 Å². The van der Waals surface area contributed by atoms with E-state index in [1.165, 1.54) is 0 Å². The van der Waals surface area contributed by atoms with E-state index in [9.17, 15) is 4.79 Å². The fourth-order valence-corrected chi connectivity index (χ4v) is 3.85. The Labute approximate surface area is 208 Å². The Morgan fingerprint density at radius 2 is 1.43 bits per heavy atom. The van der Waals surface area contributed by atoms with E-state index >= 15 is 0 Å². The van der Waals surface area contributed by atoms with E-state index in [1.54, 1.807) is 0 Å². The summed E-state index contributed by atoms with van der Waals surface area (Å²) < 4.78 is 18.1. The summed E-state index contributed by atoms with van der Waals surface area (Å²) >= 11 is 0. The van der Waals surface area contributed by atoms with Gasteiger partial charge >= 0.3 is 13.2 Å². The highest BCUT2D eigenvalue weighted by Crippen LogP contribution is 2.39. The van der Waals surface area contributed by atoms with Gasteiger partial charge in [-0.1, -0.05) is 91.0 Å². The molecule has 1 heterocycles. The van der Waals surface area contributed by atoms with Gasteiger partial charge in [-0.2, -0.15) is 0 Å². The molecule has 3 aromatic carbocycles. The molecule has 0 radical (unpaired) electrons. The third kappa shape index (κ3) is 6.02. The number of alkyl carbamates (subject to hydrolysis) is 1. The Balaban J connectivity index is 1.57. The van der Waals surface area contributed by atoms with Gasteiger partial charge in [0.1, 0.15) is 6.61 Å². The predicted octanol–water partition coefficient (Wildman–Crippen LogP) is 6.29. The normalized spacial score (nSPS) is 16.7. The van der Waals surface area contributed by atoms with Crippen LogP contribution in [0, 0.1) is 0 Å². The average molecular weight is 469 g/mol. The molecular formula is C29H32BNO4. The van der Waals surface area contributed by atoms with Crippen LogP contribution in [0.5, 0.6) is 0 Å². The van der Waals surface area contributed by atoms with Gasteiger partial charge in [0.15, 0.2) is 0 Å². The summed E-state index contributed by atoms with van der Waals surface area (Å²) in [7, 11) is -0.599. The van der Waals surface area contributed by atoms with Crippen LogP contribution >= 0.6 is 0 Å². The summed E-state index contributed by atoms with van der Waals surface area (Å²) in [5, 5.41) is 2.87. The van der Waals surface area contributed by atoms with Crippen molar-refractivity contribution in [2.45, 2.75) is 45.5 Å². The van der Waals surface area contributed by atoms with E-state index in [1.807, 2.05) is 94.4 Å². The number of amides is 1. The van der Waals surface area contributed by atoms with E-state index in [0.717, 1.165) is 27.7 Å². The highest BCUT2D eigenvalue weighted by molar-refractivity contribution is 6.56. The smallest absolute Gasteiger partial charge is 0.445 e. The van der Waals surface area contributed by atoms with Crippen molar-refractivity contribution >= 4 is 19.3 Å². The zero-order chi connectivity index (χ0) is 24.9. The second kappa shape index (κ2) is 10.5. The van der Waals surface area contributed by atoms with Crippen molar-refractivity contribution < 1.29 is 18.8 Å². The fourth-order valence-electron chi connectivity index (χ4n) is 3.85. The maximum Gasteiger partial charge on any atom is 0.492 e. The first-order chi connectivity index (χ1) is 16.7. The number of hydrogen-bond acceptors (Lipinski definition) is 4. The number of benzene rings is 3. The van der Waals surface area contributed by atoms with Gasteiger partial charge in [0.05, 0.1) is 11.2 Å². The number of carbonyl (C=O) groups is 1. The van der Waals surface area contributed by atoms with Crippen LogP contribution in [-0.2, 0) is 20.7 Å². The molecule has 0 spiro atoms. The molecule has 1 amide bonds. The van der Waals surface area contributed by atoms with Crippen LogP contribution in [-0.4, -0.2) is 31.0 Å². The Bertz CT molecular complexity index is 1160. The molecule has 0 aliphatic carbocycles. The van der Waals surface area contributed by atoms with Gasteiger partial charge in [-0.3, -0.25) is 0 Å². The van der Waals surface area contributed by atoms with E-state index < -0.39 is 24.4 Å². The monoisotopic (exact) mass is 469 g/mol. The maximum absolute atomic E-state index is 12.5. The van der Waals surface area contributed by atoms with Crippen molar-refractivity contribution in [3.63, 3.8) is 0 Å². The van der Waals surface area contributed by atoms with E-state index in [2.05, 4.69) is 29.6 Å². The Kier molecular flexibility index (Phi) is 7.44. The Morgan fingerprint density at radius 3 is 2.09 bits per heavy atom. The summed E-state index contributed by atoms with van der Waals surface area (Å²) in [6, 6.07) is 28.0. The number of nitrogens with one attached hydrogen (secondary N) is 1. The molecule has 180 valence electrons. The Morgan fingerprint density at radius 1 is 0.857 bits per heavy atom. The van der Waals surface area contributed by atoms with Crippen LogP contribution in [0.1, 0.15) is 38.8 Å². The minimum Gasteiger partial charge on any atom is -0.445 e. The van der Waals surface area contributed by atoms with Gasteiger partial charge in [-0.25, -0.2) is 4.79 Å². The molecule has 0 saturated carbocycles. The number of ether oxygens (including phenoxy) is 1. The molecule has 0 unspecified atom stereocenters. The number of rotatable bonds is 7. The summed E-state index contributed by atoms with van der Waals surface area (Å²) in [6.45, 7) is 8.51. The average Bonchev–Trinajstić information content (AvgIpc) is 3.08. The largest absolute Gasteiger partial charge is 0.492 e. The molecule has 1 aliphatic heterocycles. The molecule has 1 N–H and O–H groups in total. The first kappa shape index (κ1) is 24.8. The quantitative estimate of drug-likeness (QED) is 0.413. The highest BCUT2D eigenvalue weighted by Gasteiger charge is 2.52. The lowest BCUT2D eigenvalue weighted by Gasteiger charge is -2.32. The first-order valence-corrected chi connectivity index (χ1v) is 11.9. The number of carbonyl (C=O) groups excluding carboxylic acids is 1. The topological polar surface area (TPSA) is 56.8 Å². The molecule has 4 rings (SSSR count). The zero-order valence-corrected chi connectivity index (χ0v) is 20.8. The highest BCUT2D eigenvalue weighted by atomic mass is 16.7. The molecule has 0 bridgehead atoms. The molecule has 0 aromatic heterocycles. The Hall–Kier alpha value is -3.35. The van der Waals surface area contributed by atoms with Crippen LogP contribution in [0.15, 0.2) is 90.4 Å². The molecule has 1 saturated heterocycles. The van der Waals surface area contributed by atoms with E-state index in [0.29, 0.717) is 0 Å². The van der Waals surface area contributed by atoms with Crippen LogP contribution < -0.4 is 5.32 Å². The van der Waals surface area contributed by atoms with Gasteiger partial charge in [0, 0.05) is 6.54 Å². The van der Waals surface area contributed by atoms with Crippen molar-refractivity contribution in [2.75, 3.05) is 6.54 Å². The lowest BCUT2D eigenvalue weighted by atomic mass is 9.76. The van der Waals surface area contributed by atoms with Gasteiger partial charge in [0.25, 0.3) is 0 Å². The lowest BCUT2D eigenvalue weighted by Crippen LogP contribution is -2.41. The van der Waals surface area contributed by atoms with Crippen molar-refractivity contribution in [1.29, 1.82) is 0 Å². The van der Waals surface area contributed by atoms with E-state index in [4.69, 9.17) is 14.0 Å². The molecule has 1 fully saturated rings. The van der Waals surface area contributed by atoms with Crippen molar-refractivity contribution in [2.24, 2.45) is 0 Å². The van der Waals surface area contributed by atoms with Gasteiger partial charge in [-0.15, -0.1) is 0 Å². The van der Waals surface area contributed by atoms with Crippen LogP contribution in [0.2, 0.25) is 0 Å². The van der Waals surface area contributed by atoms with Gasteiger partial charge < -0.3 is 19.4 Å². The maximum atomic E-state index is 12.5. The molecule has 1 aliphatic rings. The summed E-state index contributed by atoms with van der Waals surface area (Å²) in [6.07, 6.45) is 1.55. The summed E-state index contributed by atoms with van der Waals surface area (Å²) in [5.74, 6) is 0. The second-order valence-corrected chi connectivity index (χ2v) is 9.68. The molecule has 5 nitrogen and oxygen atoms in total. The van der Waals surface area contributed by atoms with Crippen LogP contribution in [0.25, 0.3) is 17.2 Å². The molecule has 0 atom stereocenters. The molecule has 3 aromatic rings. The third-order valence-corrected chi connectivity index (χ3v) is 6.59. The van der Waals surface area contributed by atoms with Gasteiger partial charge in [0.2, 0.25) is 0 Å². The van der Waals surface area contributed by atoms with E-state index in [-0.39, 0.29) is 13.2 Å². The fraction of sp³-hybridized carbons (Fsp3) is 0.276. The minimum atomic E-state index is -0.599. The molecule has 35 heavy (non-hydrogen) atoms. The minimum absolute atomic E-state index is 0.207. The third-order valence-electron chi connectivity index (χ3n) is 6.59. The van der Waals surface area contributed by atoms with Crippen molar-refractivity contribution in [1.82, 2.24) is 5.32 Å². The second-order valence-electron chi connectivity index (χ2n) is 9.68. The standard InChI is InChI=1S/C29H32BNO4/c1-28(2)29(3,4)35-30(34-28)25(20-31-27(32)33-21-22-13-7-5-8-14-22)19-24-17-11-12-18-26(24)23-15-9-6-10-16-23/h5-19H,20-21H2,1-4H3,(H,31,32). The molecular weight excluding hydrogens is 437 g/mol. The van der Waals surface area contributed by atoms with Crippen LogP contribution in [0.3, 0.4) is 0 Å². The van der Waals surface area contributed by atoms with Crippen molar-refractivity contribution in [3.8, 4) is 11.1 Å². The predicted molar refractivity (Wildman–Crippen MR) is 141 cm³/mol. The summed E-state index contributed by atoms with van der Waals surface area (Å²) in [4.78, 5) is 12.5. The SMILES string of the molecule is CC1(C)OB(C(=Cc2ccccc2-c2ccccc2)CNC(=O)OCc2ccccc2)OC1(C)C. The first-order valence-electron chi connectivity index (χ1n) is 11.9. The van der Waals surface area contributed by atoms with Gasteiger partial charge in [-0.05, 0) is 55.4 Å². The lowest BCUT2D eigenvalue weighted by molar-refractivity contribution is 0.00578.